The third-order valence-electron chi connectivity index (χ3n) is 5.50. The Morgan fingerprint density at radius 2 is 1.85 bits per heavy atom. The minimum Gasteiger partial charge on any atom is -0.381 e. The summed E-state index contributed by atoms with van der Waals surface area (Å²) in [5.41, 5.74) is 0.440. The van der Waals surface area contributed by atoms with Crippen LogP contribution in [0.4, 0.5) is 8.78 Å². The molecule has 2 saturated heterocycles. The summed E-state index contributed by atoms with van der Waals surface area (Å²) in [5.74, 6) is 0.0374. The predicted octanol–water partition coefficient (Wildman–Crippen LogP) is 3.34. The maximum Gasteiger partial charge on any atom is 0.251 e. The van der Waals surface area contributed by atoms with Gasteiger partial charge in [-0.25, -0.2) is 8.78 Å². The zero-order valence-electron chi connectivity index (χ0n) is 14.7. The first-order chi connectivity index (χ1) is 12.5. The molecule has 0 aliphatic carbocycles. The van der Waals surface area contributed by atoms with Gasteiger partial charge in [0.15, 0.2) is 0 Å². The number of ether oxygens (including phenoxy) is 1. The van der Waals surface area contributed by atoms with Crippen LogP contribution in [-0.4, -0.2) is 56.1 Å². The van der Waals surface area contributed by atoms with Crippen LogP contribution in [0.3, 0.4) is 0 Å². The Morgan fingerprint density at radius 1 is 1.23 bits per heavy atom. The van der Waals surface area contributed by atoms with E-state index < -0.39 is 11.8 Å². The topological polar surface area (TPSA) is 41.6 Å². The molecule has 1 aromatic carbocycles. The van der Waals surface area contributed by atoms with E-state index in [1.54, 1.807) is 4.90 Å². The third-order valence-corrected chi connectivity index (χ3v) is 6.03. The van der Waals surface area contributed by atoms with Gasteiger partial charge in [-0.1, -0.05) is 28.1 Å². The molecule has 26 heavy (non-hydrogen) atoms. The number of alkyl halides is 2. The normalized spacial score (nSPS) is 21.7. The molecule has 0 spiro atoms. The van der Waals surface area contributed by atoms with Gasteiger partial charge >= 0.3 is 0 Å². The molecule has 0 aromatic heterocycles. The standard InChI is InChI=1S/C19H25BrF2N2O2/c20-15-3-1-14(2-4-15)19(7-11-26-12-8-19)18(25)23-16-5-9-24(10-6-16)13-17(21)22/h1-4,16-17H,5-13H2,(H,23,25). The Hall–Kier alpha value is -1.05. The highest BCUT2D eigenvalue weighted by Crippen LogP contribution is 2.36. The maximum absolute atomic E-state index is 13.2. The lowest BCUT2D eigenvalue weighted by molar-refractivity contribution is -0.131. The number of halogens is 3. The molecule has 3 rings (SSSR count). The molecule has 1 aromatic rings. The first kappa shape index (κ1) is 19.7. The minimum absolute atomic E-state index is 0.0374. The van der Waals surface area contributed by atoms with Gasteiger partial charge in [0.25, 0.3) is 6.43 Å². The van der Waals surface area contributed by atoms with E-state index in [0.717, 1.165) is 10.0 Å². The molecule has 1 amide bonds. The first-order valence-electron chi connectivity index (χ1n) is 9.15. The Morgan fingerprint density at radius 3 is 2.42 bits per heavy atom. The van der Waals surface area contributed by atoms with Crippen LogP contribution in [0.2, 0.25) is 0 Å². The summed E-state index contributed by atoms with van der Waals surface area (Å²) in [5, 5.41) is 3.20. The summed E-state index contributed by atoms with van der Waals surface area (Å²) in [4.78, 5) is 15.0. The molecule has 2 aliphatic heterocycles. The Bertz CT molecular complexity index is 598. The van der Waals surface area contributed by atoms with Crippen molar-refractivity contribution in [1.82, 2.24) is 10.2 Å². The molecule has 2 heterocycles. The number of hydrogen-bond donors (Lipinski definition) is 1. The molecule has 0 unspecified atom stereocenters. The average Bonchev–Trinajstić information content (AvgIpc) is 2.64. The highest BCUT2D eigenvalue weighted by Gasteiger charge is 2.42. The van der Waals surface area contributed by atoms with E-state index in [-0.39, 0.29) is 18.5 Å². The zero-order valence-corrected chi connectivity index (χ0v) is 16.3. The number of hydrogen-bond acceptors (Lipinski definition) is 3. The van der Waals surface area contributed by atoms with Crippen molar-refractivity contribution in [3.8, 4) is 0 Å². The number of rotatable bonds is 5. The highest BCUT2D eigenvalue weighted by atomic mass is 79.9. The summed E-state index contributed by atoms with van der Waals surface area (Å²) in [6.45, 7) is 2.15. The van der Waals surface area contributed by atoms with Crippen molar-refractivity contribution in [2.45, 2.75) is 43.6 Å². The van der Waals surface area contributed by atoms with E-state index in [1.165, 1.54) is 0 Å². The Balaban J connectivity index is 1.66. The number of benzene rings is 1. The fourth-order valence-electron chi connectivity index (χ4n) is 3.91. The van der Waals surface area contributed by atoms with Crippen LogP contribution in [0, 0.1) is 0 Å². The predicted molar refractivity (Wildman–Crippen MR) is 99.5 cm³/mol. The second kappa shape index (κ2) is 8.76. The lowest BCUT2D eigenvalue weighted by Gasteiger charge is -2.39. The molecule has 2 fully saturated rings. The molecule has 4 nitrogen and oxygen atoms in total. The van der Waals surface area contributed by atoms with E-state index in [2.05, 4.69) is 21.2 Å². The minimum atomic E-state index is -2.30. The lowest BCUT2D eigenvalue weighted by atomic mass is 9.73. The van der Waals surface area contributed by atoms with Gasteiger partial charge in [-0.05, 0) is 43.4 Å². The van der Waals surface area contributed by atoms with Gasteiger partial charge in [0.2, 0.25) is 5.91 Å². The summed E-state index contributed by atoms with van der Waals surface area (Å²) >= 11 is 3.44. The summed E-state index contributed by atoms with van der Waals surface area (Å²) in [7, 11) is 0. The largest absolute Gasteiger partial charge is 0.381 e. The molecule has 7 heteroatoms. The van der Waals surface area contributed by atoms with Crippen molar-refractivity contribution in [3.05, 3.63) is 34.3 Å². The molecule has 0 radical (unpaired) electrons. The fourth-order valence-corrected chi connectivity index (χ4v) is 4.18. The fraction of sp³-hybridized carbons (Fsp3) is 0.632. The second-order valence-electron chi connectivity index (χ2n) is 7.14. The van der Waals surface area contributed by atoms with E-state index in [9.17, 15) is 13.6 Å². The van der Waals surface area contributed by atoms with Gasteiger partial charge in [-0.2, -0.15) is 0 Å². The summed E-state index contributed by atoms with van der Waals surface area (Å²) in [6, 6.07) is 7.97. The van der Waals surface area contributed by atoms with Crippen molar-refractivity contribution in [1.29, 1.82) is 0 Å². The Labute approximate surface area is 161 Å². The summed E-state index contributed by atoms with van der Waals surface area (Å²) < 4.78 is 31.5. The number of amides is 1. The number of nitrogens with one attached hydrogen (secondary N) is 1. The van der Waals surface area contributed by atoms with Crippen molar-refractivity contribution < 1.29 is 18.3 Å². The number of nitrogens with zero attached hydrogens (tertiary/aromatic N) is 1. The molecule has 2 aliphatic rings. The first-order valence-corrected chi connectivity index (χ1v) is 9.94. The van der Waals surface area contributed by atoms with Crippen LogP contribution in [0.25, 0.3) is 0 Å². The van der Waals surface area contributed by atoms with Crippen molar-refractivity contribution in [2.24, 2.45) is 0 Å². The van der Waals surface area contributed by atoms with E-state index in [4.69, 9.17) is 4.74 Å². The SMILES string of the molecule is O=C(NC1CCN(CC(F)F)CC1)C1(c2ccc(Br)cc2)CCOCC1. The second-order valence-corrected chi connectivity index (χ2v) is 8.06. The van der Waals surface area contributed by atoms with Crippen LogP contribution < -0.4 is 5.32 Å². The quantitative estimate of drug-likeness (QED) is 0.778. The van der Waals surface area contributed by atoms with Crippen LogP contribution in [0.5, 0.6) is 0 Å². The highest BCUT2D eigenvalue weighted by molar-refractivity contribution is 9.10. The lowest BCUT2D eigenvalue weighted by Crippen LogP contribution is -2.53. The van der Waals surface area contributed by atoms with E-state index in [1.807, 2.05) is 24.3 Å². The van der Waals surface area contributed by atoms with Gasteiger partial charge in [0.05, 0.1) is 12.0 Å². The molecular weight excluding hydrogens is 406 g/mol. The molecule has 1 N–H and O–H groups in total. The van der Waals surface area contributed by atoms with Crippen LogP contribution in [0.1, 0.15) is 31.2 Å². The average molecular weight is 431 g/mol. The number of piperidine rings is 1. The van der Waals surface area contributed by atoms with Crippen molar-refractivity contribution >= 4 is 21.8 Å². The zero-order chi connectivity index (χ0) is 18.6. The van der Waals surface area contributed by atoms with E-state index >= 15 is 0 Å². The van der Waals surface area contributed by atoms with Gasteiger partial charge < -0.3 is 10.1 Å². The number of carbonyl (C=O) groups excluding carboxylic acids is 1. The maximum atomic E-state index is 13.2. The summed E-state index contributed by atoms with van der Waals surface area (Å²) in [6.07, 6.45) is 0.440. The van der Waals surface area contributed by atoms with Crippen molar-refractivity contribution in [2.75, 3.05) is 32.8 Å². The van der Waals surface area contributed by atoms with Crippen LogP contribution in [0.15, 0.2) is 28.7 Å². The molecule has 0 bridgehead atoms. The molecule has 0 saturated carbocycles. The molecule has 0 atom stereocenters. The van der Waals surface area contributed by atoms with Crippen molar-refractivity contribution in [3.63, 3.8) is 0 Å². The Kier molecular flexibility index (Phi) is 6.64. The van der Waals surface area contributed by atoms with Crippen LogP contribution in [-0.2, 0) is 14.9 Å². The van der Waals surface area contributed by atoms with Gasteiger partial charge in [-0.15, -0.1) is 0 Å². The van der Waals surface area contributed by atoms with Gasteiger partial charge in [-0.3, -0.25) is 9.69 Å². The number of carbonyl (C=O) groups is 1. The van der Waals surface area contributed by atoms with Gasteiger partial charge in [0.1, 0.15) is 0 Å². The molecular formula is C19H25BrF2N2O2. The smallest absolute Gasteiger partial charge is 0.251 e. The monoisotopic (exact) mass is 430 g/mol. The van der Waals surface area contributed by atoms with Gasteiger partial charge in [0, 0.05) is 36.8 Å². The van der Waals surface area contributed by atoms with Crippen LogP contribution >= 0.6 is 15.9 Å². The van der Waals surface area contributed by atoms with E-state index in [0.29, 0.717) is 52.0 Å². The number of likely N-dealkylation sites (tertiary alicyclic amines) is 1. The third kappa shape index (κ3) is 4.61. The molecule has 144 valence electrons.